The molecule has 0 fully saturated rings. The molecule has 0 bridgehead atoms. The van der Waals surface area contributed by atoms with Crippen molar-refractivity contribution >= 4 is 34.8 Å². The lowest BCUT2D eigenvalue weighted by atomic mass is 10.1. The van der Waals surface area contributed by atoms with Crippen LogP contribution < -0.4 is 15.4 Å². The van der Waals surface area contributed by atoms with Crippen molar-refractivity contribution in [3.63, 3.8) is 0 Å². The average Bonchev–Trinajstić information content (AvgIpc) is 2.83. The number of carbonyl (C=O) groups is 2. The molecule has 3 aromatic carbocycles. The lowest BCUT2D eigenvalue weighted by Crippen LogP contribution is -2.35. The van der Waals surface area contributed by atoms with E-state index in [1.807, 2.05) is 37.3 Å². The molecular formula is C26H27N3O3S. The van der Waals surface area contributed by atoms with Crippen molar-refractivity contribution < 1.29 is 14.3 Å². The van der Waals surface area contributed by atoms with E-state index < -0.39 is 0 Å². The van der Waals surface area contributed by atoms with Crippen LogP contribution in [0.5, 0.6) is 5.75 Å². The van der Waals surface area contributed by atoms with Gasteiger partial charge in [0.05, 0.1) is 17.9 Å². The molecule has 33 heavy (non-hydrogen) atoms. The molecule has 7 heteroatoms. The summed E-state index contributed by atoms with van der Waals surface area (Å²) < 4.78 is 5.54. The van der Waals surface area contributed by atoms with Crippen LogP contribution in [0.15, 0.2) is 78.9 Å². The highest BCUT2D eigenvalue weighted by Crippen LogP contribution is 2.18. The van der Waals surface area contributed by atoms with Crippen molar-refractivity contribution in [2.24, 2.45) is 0 Å². The normalized spacial score (nSPS) is 10.2. The van der Waals surface area contributed by atoms with E-state index in [4.69, 9.17) is 17.0 Å². The SMILES string of the molecule is CCCOc1ccc(C(=O)NC(=S)Nc2ccccc2C(=O)N(C)Cc2ccccc2)cc1. The number of nitrogens with one attached hydrogen (secondary N) is 2. The van der Waals surface area contributed by atoms with E-state index in [9.17, 15) is 9.59 Å². The van der Waals surface area contributed by atoms with Gasteiger partial charge in [0.25, 0.3) is 11.8 Å². The van der Waals surface area contributed by atoms with Gasteiger partial charge in [-0.1, -0.05) is 49.4 Å². The van der Waals surface area contributed by atoms with Crippen LogP contribution >= 0.6 is 12.2 Å². The summed E-state index contributed by atoms with van der Waals surface area (Å²) in [5.41, 5.74) is 2.48. The molecular weight excluding hydrogens is 434 g/mol. The predicted molar refractivity (Wildman–Crippen MR) is 135 cm³/mol. The predicted octanol–water partition coefficient (Wildman–Crippen LogP) is 4.87. The quantitative estimate of drug-likeness (QED) is 0.468. The van der Waals surface area contributed by atoms with Crippen molar-refractivity contribution in [1.29, 1.82) is 0 Å². The molecule has 3 rings (SSSR count). The minimum absolute atomic E-state index is 0.109. The second kappa shape index (κ2) is 11.8. The van der Waals surface area contributed by atoms with E-state index in [1.165, 1.54) is 0 Å². The number of anilines is 1. The Hall–Kier alpha value is -3.71. The maximum Gasteiger partial charge on any atom is 0.257 e. The Bertz CT molecular complexity index is 1100. The number of thiocarbonyl (C=S) groups is 1. The fourth-order valence-electron chi connectivity index (χ4n) is 3.16. The largest absolute Gasteiger partial charge is 0.494 e. The first-order chi connectivity index (χ1) is 16.0. The van der Waals surface area contributed by atoms with Gasteiger partial charge < -0.3 is 15.0 Å². The average molecular weight is 462 g/mol. The molecule has 0 aliphatic rings. The number of ether oxygens (including phenoxy) is 1. The Morgan fingerprint density at radius 3 is 2.30 bits per heavy atom. The van der Waals surface area contributed by atoms with E-state index in [-0.39, 0.29) is 16.9 Å². The highest BCUT2D eigenvalue weighted by atomic mass is 32.1. The fraction of sp³-hybridized carbons (Fsp3) is 0.192. The molecule has 0 aliphatic carbocycles. The first kappa shape index (κ1) is 23.9. The number of hydrogen-bond acceptors (Lipinski definition) is 4. The third kappa shape index (κ3) is 6.89. The van der Waals surface area contributed by atoms with Crippen molar-refractivity contribution in [1.82, 2.24) is 10.2 Å². The molecule has 0 radical (unpaired) electrons. The molecule has 3 aromatic rings. The number of hydrogen-bond donors (Lipinski definition) is 2. The molecule has 0 spiro atoms. The second-order valence-corrected chi connectivity index (χ2v) is 7.88. The zero-order valence-electron chi connectivity index (χ0n) is 18.7. The highest BCUT2D eigenvalue weighted by Gasteiger charge is 2.17. The van der Waals surface area contributed by atoms with Gasteiger partial charge in [-0.05, 0) is 60.6 Å². The van der Waals surface area contributed by atoms with Crippen LogP contribution in [0, 0.1) is 0 Å². The maximum atomic E-state index is 13.0. The minimum atomic E-state index is -0.348. The van der Waals surface area contributed by atoms with Gasteiger partial charge in [-0.15, -0.1) is 0 Å². The number of nitrogens with zero attached hydrogens (tertiary/aromatic N) is 1. The number of benzene rings is 3. The smallest absolute Gasteiger partial charge is 0.257 e. The van der Waals surface area contributed by atoms with E-state index in [0.717, 1.165) is 12.0 Å². The van der Waals surface area contributed by atoms with Crippen LogP contribution in [0.25, 0.3) is 0 Å². The van der Waals surface area contributed by atoms with Gasteiger partial charge in [-0.2, -0.15) is 0 Å². The molecule has 0 aliphatic heterocycles. The first-order valence-corrected chi connectivity index (χ1v) is 11.1. The summed E-state index contributed by atoms with van der Waals surface area (Å²) in [5, 5.41) is 5.74. The van der Waals surface area contributed by atoms with Gasteiger partial charge in [0.2, 0.25) is 0 Å². The standard InChI is InChI=1S/C26H27N3O3S/c1-3-17-32-21-15-13-20(14-16-21)24(30)28-26(33)27-23-12-8-7-11-22(23)25(31)29(2)18-19-9-5-4-6-10-19/h4-16H,3,17-18H2,1-2H3,(H2,27,28,30,33). The zero-order chi connectivity index (χ0) is 23.6. The third-order valence-corrected chi connectivity index (χ3v) is 5.04. The molecule has 0 unspecified atom stereocenters. The molecule has 0 saturated heterocycles. The van der Waals surface area contributed by atoms with Crippen molar-refractivity contribution in [3.05, 3.63) is 95.6 Å². The van der Waals surface area contributed by atoms with Crippen LogP contribution in [-0.2, 0) is 6.54 Å². The van der Waals surface area contributed by atoms with Gasteiger partial charge in [-0.3, -0.25) is 14.9 Å². The summed E-state index contributed by atoms with van der Waals surface area (Å²) in [4.78, 5) is 27.2. The van der Waals surface area contributed by atoms with Gasteiger partial charge in [0.15, 0.2) is 5.11 Å². The summed E-state index contributed by atoms with van der Waals surface area (Å²) >= 11 is 5.32. The molecule has 6 nitrogen and oxygen atoms in total. The molecule has 0 heterocycles. The second-order valence-electron chi connectivity index (χ2n) is 7.47. The molecule has 2 amide bonds. The summed E-state index contributed by atoms with van der Waals surface area (Å²) in [6.45, 7) is 3.13. The van der Waals surface area contributed by atoms with E-state index in [2.05, 4.69) is 10.6 Å². The lowest BCUT2D eigenvalue weighted by molar-refractivity contribution is 0.0786. The minimum Gasteiger partial charge on any atom is -0.494 e. The van der Waals surface area contributed by atoms with Crippen LogP contribution in [0.2, 0.25) is 0 Å². The van der Waals surface area contributed by atoms with Crippen molar-refractivity contribution in [3.8, 4) is 5.75 Å². The first-order valence-electron chi connectivity index (χ1n) is 10.7. The van der Waals surface area contributed by atoms with Crippen LogP contribution in [0.4, 0.5) is 5.69 Å². The Balaban J connectivity index is 1.63. The summed E-state index contributed by atoms with van der Waals surface area (Å²) in [5.74, 6) is 0.208. The fourth-order valence-corrected chi connectivity index (χ4v) is 3.37. The molecule has 0 saturated carbocycles. The Kier molecular flexibility index (Phi) is 8.55. The lowest BCUT2D eigenvalue weighted by Gasteiger charge is -2.20. The van der Waals surface area contributed by atoms with Gasteiger partial charge in [-0.25, -0.2) is 0 Å². The van der Waals surface area contributed by atoms with Crippen LogP contribution in [0.3, 0.4) is 0 Å². The zero-order valence-corrected chi connectivity index (χ0v) is 19.5. The van der Waals surface area contributed by atoms with Crippen LogP contribution in [0.1, 0.15) is 39.6 Å². The summed E-state index contributed by atoms with van der Waals surface area (Å²) in [7, 11) is 1.75. The van der Waals surface area contributed by atoms with E-state index >= 15 is 0 Å². The molecule has 0 atom stereocenters. The van der Waals surface area contributed by atoms with Crippen molar-refractivity contribution in [2.75, 3.05) is 19.0 Å². The third-order valence-electron chi connectivity index (χ3n) is 4.83. The number of amides is 2. The number of para-hydroxylation sites is 1. The Morgan fingerprint density at radius 2 is 1.61 bits per heavy atom. The monoisotopic (exact) mass is 461 g/mol. The molecule has 0 aromatic heterocycles. The van der Waals surface area contributed by atoms with Crippen LogP contribution in [-0.4, -0.2) is 35.5 Å². The van der Waals surface area contributed by atoms with Crippen molar-refractivity contribution in [2.45, 2.75) is 19.9 Å². The van der Waals surface area contributed by atoms with Gasteiger partial charge in [0.1, 0.15) is 5.75 Å². The number of carbonyl (C=O) groups excluding carboxylic acids is 2. The molecule has 2 N–H and O–H groups in total. The van der Waals surface area contributed by atoms with Gasteiger partial charge >= 0.3 is 0 Å². The summed E-state index contributed by atoms with van der Waals surface area (Å²) in [6.07, 6.45) is 0.911. The van der Waals surface area contributed by atoms with Gasteiger partial charge in [0, 0.05) is 19.2 Å². The highest BCUT2D eigenvalue weighted by molar-refractivity contribution is 7.80. The Morgan fingerprint density at radius 1 is 0.939 bits per heavy atom. The Labute approximate surface area is 199 Å². The number of rotatable bonds is 8. The maximum absolute atomic E-state index is 13.0. The summed E-state index contributed by atoms with van der Waals surface area (Å²) in [6, 6.07) is 23.7. The van der Waals surface area contributed by atoms with E-state index in [1.54, 1.807) is 60.5 Å². The molecule has 170 valence electrons. The van der Waals surface area contributed by atoms with E-state index in [0.29, 0.717) is 35.7 Å². The topological polar surface area (TPSA) is 70.7 Å².